The molecule has 0 amide bonds. The van der Waals surface area contributed by atoms with Crippen molar-refractivity contribution in [3.05, 3.63) is 35.5 Å². The van der Waals surface area contributed by atoms with Crippen LogP contribution in [0.1, 0.15) is 43.1 Å². The van der Waals surface area contributed by atoms with E-state index < -0.39 is 0 Å². The Hall–Kier alpha value is -1.75. The summed E-state index contributed by atoms with van der Waals surface area (Å²) in [5, 5.41) is 4.03. The molecule has 20 heavy (non-hydrogen) atoms. The zero-order chi connectivity index (χ0) is 14.1. The molecule has 106 valence electrons. The lowest BCUT2D eigenvalue weighted by Gasteiger charge is -2.22. The Morgan fingerprint density at radius 2 is 2.00 bits per heavy atom. The van der Waals surface area contributed by atoms with Crippen LogP contribution >= 0.6 is 0 Å². The monoisotopic (exact) mass is 275 g/mol. The van der Waals surface area contributed by atoms with Gasteiger partial charge in [0.15, 0.2) is 0 Å². The van der Waals surface area contributed by atoms with Crippen molar-refractivity contribution in [2.45, 2.75) is 44.6 Å². The van der Waals surface area contributed by atoms with E-state index in [9.17, 15) is 4.39 Å². The third kappa shape index (κ3) is 2.58. The second-order valence-electron chi connectivity index (χ2n) is 5.53. The van der Waals surface area contributed by atoms with Gasteiger partial charge in [-0.2, -0.15) is 4.98 Å². The lowest BCUT2D eigenvalue weighted by atomic mass is 9.86. The molecule has 0 saturated heterocycles. The molecule has 0 bridgehead atoms. The van der Waals surface area contributed by atoms with Gasteiger partial charge >= 0.3 is 0 Å². The number of nitrogens with zero attached hydrogens (tertiary/aromatic N) is 2. The summed E-state index contributed by atoms with van der Waals surface area (Å²) in [5.41, 5.74) is 7.53. The summed E-state index contributed by atoms with van der Waals surface area (Å²) >= 11 is 0. The lowest BCUT2D eigenvalue weighted by Crippen LogP contribution is -2.25. The average Bonchev–Trinajstić information content (AvgIpc) is 2.89. The van der Waals surface area contributed by atoms with E-state index in [1.807, 2.05) is 6.92 Å². The van der Waals surface area contributed by atoms with Gasteiger partial charge in [0.25, 0.3) is 0 Å². The fourth-order valence-electron chi connectivity index (χ4n) is 2.75. The highest BCUT2D eigenvalue weighted by Gasteiger charge is 2.25. The molecule has 3 rings (SSSR count). The number of nitrogens with two attached hydrogens (primary N) is 1. The predicted molar refractivity (Wildman–Crippen MR) is 73.6 cm³/mol. The predicted octanol–water partition coefficient (Wildman–Crippen LogP) is 3.17. The Morgan fingerprint density at radius 1 is 1.25 bits per heavy atom. The minimum absolute atomic E-state index is 0.253. The van der Waals surface area contributed by atoms with E-state index >= 15 is 0 Å². The van der Waals surface area contributed by atoms with Crippen molar-refractivity contribution in [1.82, 2.24) is 10.1 Å². The molecule has 0 unspecified atom stereocenters. The maximum Gasteiger partial charge on any atom is 0.230 e. The first kappa shape index (κ1) is 13.2. The van der Waals surface area contributed by atoms with Gasteiger partial charge in [-0.15, -0.1) is 0 Å². The van der Waals surface area contributed by atoms with Gasteiger partial charge in [0.05, 0.1) is 0 Å². The van der Waals surface area contributed by atoms with E-state index in [4.69, 9.17) is 10.3 Å². The minimum atomic E-state index is -0.253. The third-order valence-electron chi connectivity index (χ3n) is 3.99. The molecule has 1 fully saturated rings. The van der Waals surface area contributed by atoms with E-state index in [0.717, 1.165) is 36.8 Å². The number of rotatable bonds is 2. The normalized spacial score (nSPS) is 22.9. The number of hydrogen-bond donors (Lipinski definition) is 1. The molecule has 1 aromatic carbocycles. The van der Waals surface area contributed by atoms with Crippen LogP contribution in [-0.2, 0) is 0 Å². The van der Waals surface area contributed by atoms with Crippen LogP contribution in [0, 0.1) is 12.7 Å². The van der Waals surface area contributed by atoms with Crippen molar-refractivity contribution in [2.75, 3.05) is 0 Å². The molecule has 1 saturated carbocycles. The van der Waals surface area contributed by atoms with Crippen LogP contribution in [0.3, 0.4) is 0 Å². The zero-order valence-corrected chi connectivity index (χ0v) is 11.5. The number of benzene rings is 1. The highest BCUT2D eigenvalue weighted by Crippen LogP contribution is 2.32. The maximum atomic E-state index is 13.1. The molecule has 2 N–H and O–H groups in total. The fourth-order valence-corrected chi connectivity index (χ4v) is 2.75. The fraction of sp³-hybridized carbons (Fsp3) is 0.467. The number of aryl methyl sites for hydroxylation is 1. The first-order valence-electron chi connectivity index (χ1n) is 6.99. The van der Waals surface area contributed by atoms with Crippen molar-refractivity contribution < 1.29 is 8.91 Å². The summed E-state index contributed by atoms with van der Waals surface area (Å²) < 4.78 is 18.5. The Morgan fingerprint density at radius 3 is 2.70 bits per heavy atom. The molecule has 4 nitrogen and oxygen atoms in total. The molecule has 0 aliphatic heterocycles. The molecule has 1 aliphatic carbocycles. The van der Waals surface area contributed by atoms with Crippen molar-refractivity contribution >= 4 is 0 Å². The van der Waals surface area contributed by atoms with Crippen molar-refractivity contribution in [3.8, 4) is 11.4 Å². The van der Waals surface area contributed by atoms with Crippen LogP contribution in [0.2, 0.25) is 0 Å². The summed E-state index contributed by atoms with van der Waals surface area (Å²) in [6.45, 7) is 1.84. The first-order valence-corrected chi connectivity index (χ1v) is 6.99. The Balaban J connectivity index is 1.83. The zero-order valence-electron chi connectivity index (χ0n) is 11.5. The molecule has 5 heteroatoms. The largest absolute Gasteiger partial charge is 0.339 e. The first-order chi connectivity index (χ1) is 9.63. The Kier molecular flexibility index (Phi) is 3.53. The summed E-state index contributed by atoms with van der Waals surface area (Å²) in [7, 11) is 0. The van der Waals surface area contributed by atoms with Crippen molar-refractivity contribution in [2.24, 2.45) is 5.73 Å². The molecule has 1 aliphatic rings. The van der Waals surface area contributed by atoms with Gasteiger partial charge < -0.3 is 10.3 Å². The molecular formula is C15H18FN3O. The molecule has 2 aromatic rings. The number of aromatic nitrogens is 2. The van der Waals surface area contributed by atoms with Crippen LogP contribution in [0.5, 0.6) is 0 Å². The summed E-state index contributed by atoms with van der Waals surface area (Å²) in [6, 6.07) is 4.88. The second-order valence-corrected chi connectivity index (χ2v) is 5.53. The lowest BCUT2D eigenvalue weighted by molar-refractivity contribution is 0.301. The van der Waals surface area contributed by atoms with Crippen LogP contribution in [0.4, 0.5) is 4.39 Å². The molecule has 1 aromatic heterocycles. The number of hydrogen-bond acceptors (Lipinski definition) is 4. The van der Waals surface area contributed by atoms with Crippen LogP contribution in [0.25, 0.3) is 11.4 Å². The minimum Gasteiger partial charge on any atom is -0.339 e. The van der Waals surface area contributed by atoms with Gasteiger partial charge in [-0.1, -0.05) is 5.16 Å². The van der Waals surface area contributed by atoms with Crippen molar-refractivity contribution in [3.63, 3.8) is 0 Å². The van der Waals surface area contributed by atoms with E-state index in [-0.39, 0.29) is 5.82 Å². The van der Waals surface area contributed by atoms with Gasteiger partial charge in [0.2, 0.25) is 11.7 Å². The molecule has 0 radical (unpaired) electrons. The standard InChI is InChI=1S/C15H18FN3O/c1-9-8-11(16)4-7-13(9)14-18-15(20-19-14)10-2-5-12(17)6-3-10/h4,7-8,10,12H,2-3,5-6,17H2,1H3. The second kappa shape index (κ2) is 5.32. The van der Waals surface area contributed by atoms with E-state index in [1.165, 1.54) is 12.1 Å². The van der Waals surface area contributed by atoms with Gasteiger partial charge in [-0.25, -0.2) is 4.39 Å². The highest BCUT2D eigenvalue weighted by molar-refractivity contribution is 5.59. The summed E-state index contributed by atoms with van der Waals surface area (Å²) in [4.78, 5) is 4.48. The quantitative estimate of drug-likeness (QED) is 0.914. The molecule has 1 heterocycles. The summed E-state index contributed by atoms with van der Waals surface area (Å²) in [6.07, 6.45) is 3.98. The van der Waals surface area contributed by atoms with Gasteiger partial charge in [0.1, 0.15) is 5.82 Å². The molecule has 0 atom stereocenters. The number of halogens is 1. The van der Waals surface area contributed by atoms with E-state index in [0.29, 0.717) is 23.7 Å². The topological polar surface area (TPSA) is 64.9 Å². The Bertz CT molecular complexity index is 603. The van der Waals surface area contributed by atoms with E-state index in [1.54, 1.807) is 6.07 Å². The van der Waals surface area contributed by atoms with Crippen LogP contribution in [-0.4, -0.2) is 16.2 Å². The Labute approximate surface area is 117 Å². The molecule has 0 spiro atoms. The highest BCUT2D eigenvalue weighted by atomic mass is 19.1. The maximum absolute atomic E-state index is 13.1. The summed E-state index contributed by atoms with van der Waals surface area (Å²) in [5.74, 6) is 1.26. The van der Waals surface area contributed by atoms with Gasteiger partial charge in [0, 0.05) is 17.5 Å². The van der Waals surface area contributed by atoms with Crippen LogP contribution in [0.15, 0.2) is 22.7 Å². The third-order valence-corrected chi connectivity index (χ3v) is 3.99. The van der Waals surface area contributed by atoms with Gasteiger partial charge in [-0.3, -0.25) is 0 Å². The van der Waals surface area contributed by atoms with Gasteiger partial charge in [-0.05, 0) is 56.4 Å². The molecular weight excluding hydrogens is 257 g/mol. The SMILES string of the molecule is Cc1cc(F)ccc1-c1noc(C2CCC(N)CC2)n1. The average molecular weight is 275 g/mol. The smallest absolute Gasteiger partial charge is 0.230 e. The van der Waals surface area contributed by atoms with Crippen molar-refractivity contribution in [1.29, 1.82) is 0 Å². The van der Waals surface area contributed by atoms with E-state index in [2.05, 4.69) is 10.1 Å². The van der Waals surface area contributed by atoms with Crippen LogP contribution < -0.4 is 5.73 Å².